The number of anilines is 1. The maximum absolute atomic E-state index is 13.5. The van der Waals surface area contributed by atoms with Gasteiger partial charge in [0.25, 0.3) is 5.91 Å². The third-order valence-corrected chi connectivity index (χ3v) is 6.03. The molecule has 1 aromatic heterocycles. The Labute approximate surface area is 178 Å². The fourth-order valence-corrected chi connectivity index (χ4v) is 4.23. The smallest absolute Gasteiger partial charge is 0.338 e. The highest BCUT2D eigenvalue weighted by molar-refractivity contribution is 7.23. The number of methoxy groups -OCH3 is 1. The number of rotatable bonds is 6. The second-order valence-electron chi connectivity index (χ2n) is 6.84. The van der Waals surface area contributed by atoms with E-state index in [0.717, 1.165) is 15.8 Å². The van der Waals surface area contributed by atoms with Gasteiger partial charge in [-0.15, -0.1) is 0 Å². The molecule has 0 N–H and O–H groups in total. The molecule has 0 saturated heterocycles. The number of hydrogen-bond donors (Lipinski definition) is 0. The Morgan fingerprint density at radius 3 is 2.41 bits per heavy atom. The van der Waals surface area contributed by atoms with Gasteiger partial charge in [-0.05, 0) is 44.8 Å². The standard InChI is InChI=1S/C21H22ClN3O3S/c1-13-9-10-16(22)18-17(13)23-21(29-18)25(12-11-24(2)3)19(26)14-7-5-6-8-15(14)20(27)28-4/h5-10H,11-12H2,1-4H3. The van der Waals surface area contributed by atoms with Crippen molar-refractivity contribution in [3.63, 3.8) is 0 Å². The molecule has 0 unspecified atom stereocenters. The summed E-state index contributed by atoms with van der Waals surface area (Å²) in [5.74, 6) is -0.856. The van der Waals surface area contributed by atoms with Crippen molar-refractivity contribution < 1.29 is 14.3 Å². The monoisotopic (exact) mass is 431 g/mol. The van der Waals surface area contributed by atoms with Crippen LogP contribution in [0.3, 0.4) is 0 Å². The van der Waals surface area contributed by atoms with Gasteiger partial charge in [-0.2, -0.15) is 0 Å². The molecule has 0 aliphatic heterocycles. The molecule has 0 bridgehead atoms. The third-order valence-electron chi connectivity index (χ3n) is 4.50. The molecule has 0 radical (unpaired) electrons. The van der Waals surface area contributed by atoms with E-state index >= 15 is 0 Å². The molecule has 152 valence electrons. The number of likely N-dealkylation sites (N-methyl/N-ethyl adjacent to an activating group) is 1. The van der Waals surface area contributed by atoms with Gasteiger partial charge in [-0.25, -0.2) is 9.78 Å². The highest BCUT2D eigenvalue weighted by atomic mass is 35.5. The van der Waals surface area contributed by atoms with Crippen LogP contribution in [0.25, 0.3) is 10.2 Å². The van der Waals surface area contributed by atoms with E-state index in [1.165, 1.54) is 18.4 Å². The largest absolute Gasteiger partial charge is 0.465 e. The molecule has 0 spiro atoms. The lowest BCUT2D eigenvalue weighted by Gasteiger charge is -2.22. The summed E-state index contributed by atoms with van der Waals surface area (Å²) in [5.41, 5.74) is 2.27. The Morgan fingerprint density at radius 2 is 1.79 bits per heavy atom. The molecule has 29 heavy (non-hydrogen) atoms. The zero-order valence-electron chi connectivity index (χ0n) is 16.7. The lowest BCUT2D eigenvalue weighted by Crippen LogP contribution is -2.37. The summed E-state index contributed by atoms with van der Waals surface area (Å²) in [7, 11) is 5.17. The van der Waals surface area contributed by atoms with Crippen LogP contribution in [-0.2, 0) is 4.74 Å². The summed E-state index contributed by atoms with van der Waals surface area (Å²) in [6, 6.07) is 10.4. The Bertz CT molecular complexity index is 1030. The molecule has 0 fully saturated rings. The SMILES string of the molecule is COC(=O)c1ccccc1C(=O)N(CCN(C)C)c1nc2c(C)ccc(Cl)c2s1. The number of amides is 1. The Hall–Kier alpha value is -2.48. The number of benzene rings is 2. The normalized spacial score (nSPS) is 11.1. The van der Waals surface area contributed by atoms with Gasteiger partial charge in [-0.1, -0.05) is 41.1 Å². The van der Waals surface area contributed by atoms with Crippen LogP contribution in [0.4, 0.5) is 5.13 Å². The Morgan fingerprint density at radius 1 is 1.10 bits per heavy atom. The van der Waals surface area contributed by atoms with Gasteiger partial charge in [0.2, 0.25) is 0 Å². The number of carbonyl (C=O) groups excluding carboxylic acids is 2. The number of fused-ring (bicyclic) bond motifs is 1. The molecule has 0 saturated carbocycles. The summed E-state index contributed by atoms with van der Waals surface area (Å²) >= 11 is 7.72. The molecule has 6 nitrogen and oxygen atoms in total. The van der Waals surface area contributed by atoms with E-state index in [0.29, 0.717) is 23.2 Å². The van der Waals surface area contributed by atoms with Crippen molar-refractivity contribution in [3.05, 3.63) is 58.1 Å². The van der Waals surface area contributed by atoms with Crippen molar-refractivity contribution in [1.82, 2.24) is 9.88 Å². The first-order chi connectivity index (χ1) is 13.8. The Kier molecular flexibility index (Phi) is 6.52. The number of thiazole rings is 1. The molecule has 0 aliphatic rings. The summed E-state index contributed by atoms with van der Waals surface area (Å²) in [6.07, 6.45) is 0. The number of esters is 1. The van der Waals surface area contributed by atoms with E-state index in [9.17, 15) is 9.59 Å². The summed E-state index contributed by atoms with van der Waals surface area (Å²) in [4.78, 5) is 33.9. The zero-order valence-corrected chi connectivity index (χ0v) is 18.3. The van der Waals surface area contributed by atoms with E-state index in [-0.39, 0.29) is 17.0 Å². The molecule has 8 heteroatoms. The van der Waals surface area contributed by atoms with Crippen molar-refractivity contribution in [2.24, 2.45) is 0 Å². The van der Waals surface area contributed by atoms with Crippen molar-refractivity contribution >= 4 is 50.2 Å². The lowest BCUT2D eigenvalue weighted by molar-refractivity contribution is 0.0597. The van der Waals surface area contributed by atoms with Crippen LogP contribution in [0.2, 0.25) is 5.02 Å². The molecule has 0 aliphatic carbocycles. The molecule has 2 aromatic carbocycles. The minimum atomic E-state index is -0.551. The molecule has 1 amide bonds. The summed E-state index contributed by atoms with van der Waals surface area (Å²) in [5, 5.41) is 1.15. The highest BCUT2D eigenvalue weighted by Crippen LogP contribution is 2.36. The molecule has 1 heterocycles. The van der Waals surface area contributed by atoms with E-state index in [1.54, 1.807) is 29.2 Å². The Balaban J connectivity index is 2.09. The maximum Gasteiger partial charge on any atom is 0.338 e. The molecule has 0 atom stereocenters. The molecular formula is C21H22ClN3O3S. The quantitative estimate of drug-likeness (QED) is 0.546. The molecular weight excluding hydrogens is 410 g/mol. The first kappa shape index (κ1) is 21.2. The van der Waals surface area contributed by atoms with Crippen molar-refractivity contribution in [2.45, 2.75) is 6.92 Å². The van der Waals surface area contributed by atoms with Gasteiger partial charge in [0.15, 0.2) is 5.13 Å². The first-order valence-electron chi connectivity index (χ1n) is 9.03. The van der Waals surface area contributed by atoms with Gasteiger partial charge in [0.1, 0.15) is 0 Å². The van der Waals surface area contributed by atoms with Crippen molar-refractivity contribution in [2.75, 3.05) is 39.2 Å². The number of carbonyl (C=O) groups is 2. The number of hydrogen-bond acceptors (Lipinski definition) is 6. The molecule has 3 aromatic rings. The second-order valence-corrected chi connectivity index (χ2v) is 8.22. The van der Waals surface area contributed by atoms with Crippen LogP contribution in [0.1, 0.15) is 26.3 Å². The van der Waals surface area contributed by atoms with Gasteiger partial charge < -0.3 is 9.64 Å². The highest BCUT2D eigenvalue weighted by Gasteiger charge is 2.26. The third kappa shape index (κ3) is 4.42. The minimum Gasteiger partial charge on any atom is -0.465 e. The summed E-state index contributed by atoms with van der Waals surface area (Å²) < 4.78 is 5.68. The zero-order chi connectivity index (χ0) is 21.1. The van der Waals surface area contributed by atoms with E-state index in [1.807, 2.05) is 38.1 Å². The topological polar surface area (TPSA) is 62.7 Å². The minimum absolute atomic E-state index is 0.227. The number of aromatic nitrogens is 1. The van der Waals surface area contributed by atoms with E-state index < -0.39 is 5.97 Å². The van der Waals surface area contributed by atoms with Crippen LogP contribution in [0.15, 0.2) is 36.4 Å². The van der Waals surface area contributed by atoms with Crippen LogP contribution < -0.4 is 4.90 Å². The summed E-state index contributed by atoms with van der Waals surface area (Å²) in [6.45, 7) is 3.01. The molecule has 3 rings (SSSR count). The van der Waals surface area contributed by atoms with E-state index in [2.05, 4.69) is 0 Å². The van der Waals surface area contributed by atoms with Crippen LogP contribution in [-0.4, -0.2) is 56.1 Å². The van der Waals surface area contributed by atoms with Crippen molar-refractivity contribution in [3.8, 4) is 0 Å². The van der Waals surface area contributed by atoms with Crippen LogP contribution in [0.5, 0.6) is 0 Å². The average molecular weight is 432 g/mol. The average Bonchev–Trinajstić information content (AvgIpc) is 3.16. The maximum atomic E-state index is 13.5. The van der Waals surface area contributed by atoms with E-state index in [4.69, 9.17) is 21.3 Å². The fraction of sp³-hybridized carbons (Fsp3) is 0.286. The predicted molar refractivity (Wildman–Crippen MR) is 117 cm³/mol. The van der Waals surface area contributed by atoms with Crippen LogP contribution in [0, 0.1) is 6.92 Å². The van der Waals surface area contributed by atoms with Crippen LogP contribution >= 0.6 is 22.9 Å². The van der Waals surface area contributed by atoms with Gasteiger partial charge in [-0.3, -0.25) is 9.69 Å². The number of aryl methyl sites for hydroxylation is 1. The van der Waals surface area contributed by atoms with Crippen molar-refractivity contribution in [1.29, 1.82) is 0 Å². The lowest BCUT2D eigenvalue weighted by atomic mass is 10.1. The number of ether oxygens (including phenoxy) is 1. The predicted octanol–water partition coefficient (Wildman–Crippen LogP) is 4.25. The van der Waals surface area contributed by atoms with Gasteiger partial charge in [0, 0.05) is 13.1 Å². The first-order valence-corrected chi connectivity index (χ1v) is 10.2. The number of nitrogens with zero attached hydrogens (tertiary/aromatic N) is 3. The van der Waals surface area contributed by atoms with Gasteiger partial charge >= 0.3 is 5.97 Å². The number of halogens is 1. The fourth-order valence-electron chi connectivity index (χ4n) is 2.89. The van der Waals surface area contributed by atoms with Gasteiger partial charge in [0.05, 0.1) is 33.5 Å². The second kappa shape index (κ2) is 8.90.